The van der Waals surface area contributed by atoms with E-state index in [9.17, 15) is 8.78 Å². The molecule has 0 aromatic heterocycles. The fourth-order valence-corrected chi connectivity index (χ4v) is 1.58. The second-order valence-electron chi connectivity index (χ2n) is 4.23. The van der Waals surface area contributed by atoms with Crippen LogP contribution in [0.2, 0.25) is 0 Å². The summed E-state index contributed by atoms with van der Waals surface area (Å²) >= 11 is 0. The van der Waals surface area contributed by atoms with Gasteiger partial charge in [0.1, 0.15) is 11.6 Å². The molecule has 0 amide bonds. The highest BCUT2D eigenvalue weighted by atomic mass is 19.1. The van der Waals surface area contributed by atoms with Gasteiger partial charge in [0.2, 0.25) is 0 Å². The van der Waals surface area contributed by atoms with E-state index in [1.807, 2.05) is 0 Å². The zero-order valence-electron chi connectivity index (χ0n) is 8.76. The van der Waals surface area contributed by atoms with Gasteiger partial charge in [0, 0.05) is 24.7 Å². The van der Waals surface area contributed by atoms with Gasteiger partial charge in [-0.1, -0.05) is 6.07 Å². The molecule has 1 saturated carbocycles. The van der Waals surface area contributed by atoms with Gasteiger partial charge in [-0.15, -0.1) is 0 Å². The summed E-state index contributed by atoms with van der Waals surface area (Å²) in [7, 11) is 0. The van der Waals surface area contributed by atoms with E-state index < -0.39 is 11.6 Å². The highest BCUT2D eigenvalue weighted by molar-refractivity contribution is 5.19. The van der Waals surface area contributed by atoms with Crippen molar-refractivity contribution in [1.29, 1.82) is 5.26 Å². The van der Waals surface area contributed by atoms with E-state index in [0.29, 0.717) is 18.7 Å². The average molecular weight is 222 g/mol. The Labute approximate surface area is 92.9 Å². The van der Waals surface area contributed by atoms with E-state index in [4.69, 9.17) is 5.26 Å². The minimum atomic E-state index is -0.572. The van der Waals surface area contributed by atoms with Gasteiger partial charge in [0.15, 0.2) is 0 Å². The number of halogens is 2. The van der Waals surface area contributed by atoms with Gasteiger partial charge in [-0.05, 0) is 18.9 Å². The van der Waals surface area contributed by atoms with E-state index >= 15 is 0 Å². The predicted octanol–water partition coefficient (Wildman–Crippen LogP) is 2.36. The number of benzene rings is 1. The first kappa shape index (κ1) is 11.0. The molecule has 1 N–H and O–H groups in total. The molecule has 0 aliphatic heterocycles. The maximum Gasteiger partial charge on any atom is 0.130 e. The van der Waals surface area contributed by atoms with E-state index in [1.165, 1.54) is 12.1 Å². The molecular weight excluding hydrogens is 210 g/mol. The average Bonchev–Trinajstić information content (AvgIpc) is 3.02. The Morgan fingerprint density at radius 2 is 2.12 bits per heavy atom. The first-order valence-corrected chi connectivity index (χ1v) is 5.21. The maximum atomic E-state index is 13.2. The quantitative estimate of drug-likeness (QED) is 0.848. The number of hydrogen-bond acceptors (Lipinski definition) is 2. The molecule has 2 nitrogen and oxygen atoms in total. The molecule has 1 aromatic carbocycles. The second-order valence-corrected chi connectivity index (χ2v) is 4.23. The lowest BCUT2D eigenvalue weighted by Crippen LogP contribution is -2.23. The normalized spacial score (nSPS) is 16.8. The van der Waals surface area contributed by atoms with Gasteiger partial charge in [0.05, 0.1) is 11.5 Å². The van der Waals surface area contributed by atoms with Crippen LogP contribution in [-0.4, -0.2) is 6.54 Å². The van der Waals surface area contributed by atoms with Crippen molar-refractivity contribution in [3.8, 4) is 6.07 Å². The lowest BCUT2D eigenvalue weighted by molar-refractivity contribution is 0.530. The van der Waals surface area contributed by atoms with E-state index in [0.717, 1.165) is 18.9 Å². The predicted molar refractivity (Wildman–Crippen MR) is 55.3 cm³/mol. The molecule has 1 fully saturated rings. The molecule has 4 heteroatoms. The molecule has 16 heavy (non-hydrogen) atoms. The van der Waals surface area contributed by atoms with Crippen LogP contribution < -0.4 is 5.32 Å². The Hall–Kier alpha value is -1.47. The zero-order valence-corrected chi connectivity index (χ0v) is 8.76. The molecule has 0 atom stereocenters. The molecule has 1 aliphatic carbocycles. The fraction of sp³-hybridized carbons (Fsp3) is 0.417. The number of nitrogens with one attached hydrogen (secondary N) is 1. The second kappa shape index (κ2) is 4.18. The van der Waals surface area contributed by atoms with Crippen LogP contribution in [0.4, 0.5) is 8.78 Å². The monoisotopic (exact) mass is 222 g/mol. The molecule has 0 heterocycles. The topological polar surface area (TPSA) is 35.8 Å². The zero-order chi connectivity index (χ0) is 11.6. The Bertz CT molecular complexity index is 433. The van der Waals surface area contributed by atoms with Crippen LogP contribution in [0, 0.1) is 28.4 Å². The fourth-order valence-electron chi connectivity index (χ4n) is 1.58. The number of nitrogens with zero attached hydrogens (tertiary/aromatic N) is 1. The molecule has 0 radical (unpaired) electrons. The third-order valence-corrected chi connectivity index (χ3v) is 2.88. The van der Waals surface area contributed by atoms with Crippen LogP contribution in [0.5, 0.6) is 0 Å². The largest absolute Gasteiger partial charge is 0.311 e. The van der Waals surface area contributed by atoms with E-state index in [1.54, 1.807) is 0 Å². The van der Waals surface area contributed by atoms with Crippen LogP contribution in [-0.2, 0) is 6.54 Å². The van der Waals surface area contributed by atoms with Gasteiger partial charge in [-0.3, -0.25) is 0 Å². The molecule has 84 valence electrons. The summed E-state index contributed by atoms with van der Waals surface area (Å²) in [6, 6.07) is 5.77. The summed E-state index contributed by atoms with van der Waals surface area (Å²) in [5.74, 6) is -1.12. The highest BCUT2D eigenvalue weighted by Crippen LogP contribution is 2.44. The Morgan fingerprint density at radius 1 is 1.38 bits per heavy atom. The van der Waals surface area contributed by atoms with Crippen LogP contribution in [0.25, 0.3) is 0 Å². The van der Waals surface area contributed by atoms with Gasteiger partial charge in [-0.25, -0.2) is 8.78 Å². The van der Waals surface area contributed by atoms with E-state index in [2.05, 4.69) is 11.4 Å². The Balaban J connectivity index is 1.88. The third kappa shape index (κ3) is 2.37. The minimum Gasteiger partial charge on any atom is -0.311 e. The van der Waals surface area contributed by atoms with Crippen molar-refractivity contribution in [2.24, 2.45) is 5.41 Å². The summed E-state index contributed by atoms with van der Waals surface area (Å²) < 4.78 is 25.8. The number of nitriles is 1. The molecule has 2 rings (SSSR count). The minimum absolute atomic E-state index is 0.240. The van der Waals surface area contributed by atoms with Crippen LogP contribution >= 0.6 is 0 Å². The van der Waals surface area contributed by atoms with Crippen LogP contribution in [0.15, 0.2) is 18.2 Å². The first-order valence-electron chi connectivity index (χ1n) is 5.21. The molecule has 0 spiro atoms. The van der Waals surface area contributed by atoms with Crippen LogP contribution in [0.3, 0.4) is 0 Å². The van der Waals surface area contributed by atoms with Crippen molar-refractivity contribution in [3.63, 3.8) is 0 Å². The molecule has 1 aliphatic rings. The molecule has 1 aromatic rings. The van der Waals surface area contributed by atoms with Crippen molar-refractivity contribution in [1.82, 2.24) is 5.32 Å². The van der Waals surface area contributed by atoms with E-state index in [-0.39, 0.29) is 5.41 Å². The highest BCUT2D eigenvalue weighted by Gasteiger charge is 2.42. The van der Waals surface area contributed by atoms with Gasteiger partial charge >= 0.3 is 0 Å². The Kier molecular flexibility index (Phi) is 2.88. The number of rotatable bonds is 4. The van der Waals surface area contributed by atoms with Crippen molar-refractivity contribution >= 4 is 0 Å². The summed E-state index contributed by atoms with van der Waals surface area (Å²) in [5.41, 5.74) is 0.186. The lowest BCUT2D eigenvalue weighted by Gasteiger charge is -2.08. The maximum absolute atomic E-state index is 13.2. The lowest BCUT2D eigenvalue weighted by atomic mass is 10.1. The number of hydrogen-bond donors (Lipinski definition) is 1. The summed E-state index contributed by atoms with van der Waals surface area (Å²) in [6.45, 7) is 0.899. The van der Waals surface area contributed by atoms with Gasteiger partial charge < -0.3 is 5.32 Å². The Morgan fingerprint density at radius 3 is 2.69 bits per heavy atom. The standard InChI is InChI=1S/C12H12F2N2/c13-10-2-1-9(11(14)5-10)6-16-8-12(7-15)3-4-12/h1-2,5,16H,3-4,6,8H2. The van der Waals surface area contributed by atoms with Crippen molar-refractivity contribution in [2.45, 2.75) is 19.4 Å². The summed E-state index contributed by atoms with van der Waals surface area (Å²) in [4.78, 5) is 0. The van der Waals surface area contributed by atoms with Gasteiger partial charge in [0.25, 0.3) is 0 Å². The van der Waals surface area contributed by atoms with Crippen LogP contribution in [0.1, 0.15) is 18.4 Å². The molecule has 0 unspecified atom stereocenters. The van der Waals surface area contributed by atoms with Gasteiger partial charge in [-0.2, -0.15) is 5.26 Å². The molecule has 0 saturated heterocycles. The van der Waals surface area contributed by atoms with Crippen molar-refractivity contribution < 1.29 is 8.78 Å². The first-order chi connectivity index (χ1) is 7.65. The summed E-state index contributed by atoms with van der Waals surface area (Å²) in [6.07, 6.45) is 1.81. The third-order valence-electron chi connectivity index (χ3n) is 2.88. The summed E-state index contributed by atoms with van der Waals surface area (Å²) in [5, 5.41) is 11.9. The van der Waals surface area contributed by atoms with Crippen molar-refractivity contribution in [2.75, 3.05) is 6.54 Å². The molecular formula is C12H12F2N2. The SMILES string of the molecule is N#CC1(CNCc2ccc(F)cc2F)CC1. The smallest absolute Gasteiger partial charge is 0.130 e. The van der Waals surface area contributed by atoms with Crippen molar-refractivity contribution in [3.05, 3.63) is 35.4 Å². The molecule has 0 bridgehead atoms.